The molecule has 4 aromatic rings. The van der Waals surface area contributed by atoms with Gasteiger partial charge in [-0.1, -0.05) is 6.07 Å². The van der Waals surface area contributed by atoms with Gasteiger partial charge in [0, 0.05) is 18.3 Å². The number of hydrogen-bond donors (Lipinski definition) is 3. The Bertz CT molecular complexity index is 1330. The summed E-state index contributed by atoms with van der Waals surface area (Å²) in [6.45, 7) is 3.34. The molecule has 0 spiro atoms. The van der Waals surface area contributed by atoms with Crippen molar-refractivity contribution in [1.29, 1.82) is 0 Å². The van der Waals surface area contributed by atoms with Crippen molar-refractivity contribution in [1.82, 2.24) is 29.9 Å². The Morgan fingerprint density at radius 1 is 1.12 bits per heavy atom. The first-order valence-electron chi connectivity index (χ1n) is 10.5. The van der Waals surface area contributed by atoms with Crippen molar-refractivity contribution in [2.24, 2.45) is 0 Å². The van der Waals surface area contributed by atoms with Crippen LogP contribution in [0.25, 0.3) is 16.9 Å². The molecule has 176 valence electrons. The number of nitrogens with one attached hydrogen (secondary N) is 2. The number of fused-ring (bicyclic) bond motifs is 1. The maximum atomic E-state index is 12.3. The molecule has 11 heteroatoms. The topological polar surface area (TPSA) is 136 Å². The fourth-order valence-electron chi connectivity index (χ4n) is 3.12. The Labute approximate surface area is 195 Å². The number of imidazole rings is 1. The van der Waals surface area contributed by atoms with Crippen LogP contribution in [0, 0.1) is 0 Å². The van der Waals surface area contributed by atoms with E-state index in [1.165, 1.54) is 7.11 Å². The molecule has 1 amide bonds. The Kier molecular flexibility index (Phi) is 6.28. The number of carbonyl (C=O) groups excluding carboxylic acids is 1. The number of carbonyl (C=O) groups is 1. The van der Waals surface area contributed by atoms with Crippen LogP contribution in [0.1, 0.15) is 24.3 Å². The number of pyridine rings is 2. The van der Waals surface area contributed by atoms with Gasteiger partial charge >= 0.3 is 0 Å². The van der Waals surface area contributed by atoms with E-state index >= 15 is 0 Å². The second kappa shape index (κ2) is 9.32. The third-order valence-corrected chi connectivity index (χ3v) is 4.77. The number of aliphatic hydroxyl groups is 1. The summed E-state index contributed by atoms with van der Waals surface area (Å²) in [5, 5.41) is 20.1. The number of nitrogens with zero attached hydrogens (tertiary/aromatic N) is 5. The van der Waals surface area contributed by atoms with Crippen molar-refractivity contribution in [3.05, 3.63) is 54.5 Å². The van der Waals surface area contributed by atoms with E-state index in [4.69, 9.17) is 9.47 Å². The van der Waals surface area contributed by atoms with E-state index in [9.17, 15) is 9.90 Å². The maximum absolute atomic E-state index is 12.3. The highest BCUT2D eigenvalue weighted by Gasteiger charge is 2.16. The van der Waals surface area contributed by atoms with Crippen LogP contribution >= 0.6 is 0 Å². The SMILES string of the molecule is COc1cc(-c2ccc3nc(Nc4cccc(C(=O)NCC(C)(C)O)n4)cn3n2)cnc1OC. The number of methoxy groups -OCH3 is 2. The predicted octanol–water partition coefficient (Wildman–Crippen LogP) is 2.45. The lowest BCUT2D eigenvalue weighted by molar-refractivity contribution is 0.0692. The number of amides is 1. The fourth-order valence-corrected chi connectivity index (χ4v) is 3.12. The summed E-state index contributed by atoms with van der Waals surface area (Å²) in [4.78, 5) is 25.4. The van der Waals surface area contributed by atoms with Gasteiger partial charge in [0.1, 0.15) is 11.5 Å². The average Bonchev–Trinajstić information content (AvgIpc) is 3.23. The number of rotatable bonds is 8. The molecule has 0 aliphatic rings. The smallest absolute Gasteiger partial charge is 0.270 e. The minimum atomic E-state index is -1.01. The van der Waals surface area contributed by atoms with Gasteiger partial charge in [0.05, 0.1) is 31.7 Å². The van der Waals surface area contributed by atoms with Crippen molar-refractivity contribution in [2.45, 2.75) is 19.4 Å². The van der Waals surface area contributed by atoms with Crippen molar-refractivity contribution in [2.75, 3.05) is 26.1 Å². The Balaban J connectivity index is 1.54. The highest BCUT2D eigenvalue weighted by Crippen LogP contribution is 2.29. The first-order chi connectivity index (χ1) is 16.3. The second-order valence-electron chi connectivity index (χ2n) is 8.11. The lowest BCUT2D eigenvalue weighted by Crippen LogP contribution is -2.38. The normalized spacial score (nSPS) is 11.3. The number of anilines is 2. The second-order valence-corrected chi connectivity index (χ2v) is 8.11. The van der Waals surface area contributed by atoms with Crippen LogP contribution in [0.4, 0.5) is 11.6 Å². The fraction of sp³-hybridized carbons (Fsp3) is 0.261. The van der Waals surface area contributed by atoms with Gasteiger partial charge in [0.25, 0.3) is 11.8 Å². The first kappa shape index (κ1) is 22.9. The summed E-state index contributed by atoms with van der Waals surface area (Å²) in [5.41, 5.74) is 1.27. The molecule has 0 saturated carbocycles. The van der Waals surface area contributed by atoms with E-state index in [0.717, 1.165) is 5.56 Å². The molecule has 0 radical (unpaired) electrons. The van der Waals surface area contributed by atoms with E-state index in [1.807, 2.05) is 12.1 Å². The quantitative estimate of drug-likeness (QED) is 0.360. The van der Waals surface area contributed by atoms with Gasteiger partial charge in [-0.05, 0) is 44.2 Å². The maximum Gasteiger partial charge on any atom is 0.270 e. The van der Waals surface area contributed by atoms with Gasteiger partial charge in [-0.3, -0.25) is 4.79 Å². The van der Waals surface area contributed by atoms with Crippen molar-refractivity contribution in [3.63, 3.8) is 0 Å². The molecule has 4 aromatic heterocycles. The molecule has 0 atom stereocenters. The zero-order valence-corrected chi connectivity index (χ0v) is 19.2. The third-order valence-electron chi connectivity index (χ3n) is 4.77. The predicted molar refractivity (Wildman–Crippen MR) is 125 cm³/mol. The van der Waals surface area contributed by atoms with Crippen LogP contribution in [-0.2, 0) is 0 Å². The molecular weight excluding hydrogens is 438 g/mol. The Morgan fingerprint density at radius 3 is 2.68 bits per heavy atom. The van der Waals surface area contributed by atoms with Gasteiger partial charge in [0.2, 0.25) is 0 Å². The molecule has 3 N–H and O–H groups in total. The number of aromatic nitrogens is 5. The summed E-state index contributed by atoms with van der Waals surface area (Å²) in [7, 11) is 3.08. The molecule has 4 rings (SSSR count). The lowest BCUT2D eigenvalue weighted by Gasteiger charge is -2.17. The van der Waals surface area contributed by atoms with Gasteiger partial charge in [-0.2, -0.15) is 5.10 Å². The molecule has 0 aromatic carbocycles. The zero-order valence-electron chi connectivity index (χ0n) is 19.2. The monoisotopic (exact) mass is 463 g/mol. The molecular formula is C23H25N7O4. The van der Waals surface area contributed by atoms with E-state index in [1.54, 1.807) is 62.1 Å². The first-order valence-corrected chi connectivity index (χ1v) is 10.5. The molecule has 4 heterocycles. The van der Waals surface area contributed by atoms with Crippen molar-refractivity contribution in [3.8, 4) is 22.9 Å². The molecule has 0 unspecified atom stereocenters. The van der Waals surface area contributed by atoms with Crippen molar-refractivity contribution >= 4 is 23.2 Å². The largest absolute Gasteiger partial charge is 0.491 e. The van der Waals surface area contributed by atoms with Crippen LogP contribution in [0.3, 0.4) is 0 Å². The average molecular weight is 463 g/mol. The highest BCUT2D eigenvalue weighted by atomic mass is 16.5. The summed E-state index contributed by atoms with van der Waals surface area (Å²) in [6.07, 6.45) is 3.37. The minimum Gasteiger partial charge on any atom is -0.491 e. The summed E-state index contributed by atoms with van der Waals surface area (Å²) in [5.74, 6) is 1.48. The molecule has 0 saturated heterocycles. The van der Waals surface area contributed by atoms with Crippen molar-refractivity contribution < 1.29 is 19.4 Å². The van der Waals surface area contributed by atoms with E-state index in [2.05, 4.69) is 30.7 Å². The van der Waals surface area contributed by atoms with E-state index in [-0.39, 0.29) is 18.1 Å². The van der Waals surface area contributed by atoms with Crippen LogP contribution in [0.5, 0.6) is 11.6 Å². The summed E-state index contributed by atoms with van der Waals surface area (Å²) >= 11 is 0. The van der Waals surface area contributed by atoms with Gasteiger partial charge < -0.3 is 25.2 Å². The van der Waals surface area contributed by atoms with Crippen LogP contribution in [-0.4, -0.2) is 61.9 Å². The molecule has 0 fully saturated rings. The molecule has 0 bridgehead atoms. The molecule has 0 aliphatic carbocycles. The molecule has 11 nitrogen and oxygen atoms in total. The highest BCUT2D eigenvalue weighted by molar-refractivity contribution is 5.92. The summed E-state index contributed by atoms with van der Waals surface area (Å²) in [6, 6.07) is 10.5. The van der Waals surface area contributed by atoms with Gasteiger partial charge in [-0.25, -0.2) is 19.5 Å². The molecule has 0 aliphatic heterocycles. The third kappa shape index (κ3) is 5.21. The van der Waals surface area contributed by atoms with Crippen LogP contribution in [0.2, 0.25) is 0 Å². The summed E-state index contributed by atoms with van der Waals surface area (Å²) < 4.78 is 12.1. The zero-order chi connectivity index (χ0) is 24.3. The Hall–Kier alpha value is -4.25. The van der Waals surface area contributed by atoms with Gasteiger partial charge in [0.15, 0.2) is 17.2 Å². The van der Waals surface area contributed by atoms with E-state index < -0.39 is 5.60 Å². The van der Waals surface area contributed by atoms with Gasteiger partial charge in [-0.15, -0.1) is 0 Å². The lowest BCUT2D eigenvalue weighted by atomic mass is 10.1. The Morgan fingerprint density at radius 2 is 1.94 bits per heavy atom. The molecule has 34 heavy (non-hydrogen) atoms. The number of ether oxygens (including phenoxy) is 2. The van der Waals surface area contributed by atoms with Crippen LogP contribution in [0.15, 0.2) is 48.8 Å². The van der Waals surface area contributed by atoms with Crippen LogP contribution < -0.4 is 20.1 Å². The number of hydrogen-bond acceptors (Lipinski definition) is 9. The minimum absolute atomic E-state index is 0.112. The standard InChI is InChI=1S/C23H25N7O4/c1-23(2,32)13-25-21(31)16-6-5-7-18(26-16)27-19-12-30-20(28-19)9-8-15(29-30)14-10-17(33-3)22(34-4)24-11-14/h5-12,32H,13H2,1-4H3,(H,25,31)(H,26,27). The van der Waals surface area contributed by atoms with E-state index in [0.29, 0.717) is 34.6 Å².